The molecule has 23 heavy (non-hydrogen) atoms. The molecule has 120 valence electrons. The third kappa shape index (κ3) is 3.18. The van der Waals surface area contributed by atoms with Gasteiger partial charge in [-0.05, 0) is 25.1 Å². The Labute approximate surface area is 133 Å². The maximum Gasteiger partial charge on any atom is 0.433 e. The van der Waals surface area contributed by atoms with Gasteiger partial charge in [-0.25, -0.2) is 0 Å². The van der Waals surface area contributed by atoms with Gasteiger partial charge in [0.15, 0.2) is 5.76 Å². The number of amides is 1. The van der Waals surface area contributed by atoms with E-state index in [1.165, 1.54) is 17.7 Å². The molecule has 2 aromatic rings. The quantitative estimate of drug-likeness (QED) is 0.642. The highest BCUT2D eigenvalue weighted by molar-refractivity contribution is 5.92. The Bertz CT molecular complexity index is 715. The van der Waals surface area contributed by atoms with Crippen molar-refractivity contribution in [2.45, 2.75) is 6.92 Å². The van der Waals surface area contributed by atoms with E-state index in [0.29, 0.717) is 13.1 Å². The second-order valence-electron chi connectivity index (χ2n) is 5.51. The van der Waals surface area contributed by atoms with E-state index in [2.05, 4.69) is 29.2 Å². The summed E-state index contributed by atoms with van der Waals surface area (Å²) in [6.07, 6.45) is 0. The molecular weight excluding hydrogens is 298 g/mol. The van der Waals surface area contributed by atoms with Crippen molar-refractivity contribution in [3.05, 3.63) is 57.8 Å². The predicted octanol–water partition coefficient (Wildman–Crippen LogP) is 2.46. The van der Waals surface area contributed by atoms with Crippen LogP contribution in [0.3, 0.4) is 0 Å². The predicted molar refractivity (Wildman–Crippen MR) is 84.7 cm³/mol. The third-order valence-corrected chi connectivity index (χ3v) is 3.95. The molecule has 0 spiro atoms. The van der Waals surface area contributed by atoms with Gasteiger partial charge < -0.3 is 14.2 Å². The standard InChI is InChI=1S/C16H17N3O4/c1-12-2-4-13(5-3-12)17-8-10-18(11-9-17)16(20)14-6-7-15(23-14)19(21)22/h2-7H,8-11H2,1H3. The van der Waals surface area contributed by atoms with E-state index in [9.17, 15) is 14.9 Å². The molecule has 0 bridgehead atoms. The van der Waals surface area contributed by atoms with E-state index in [1.807, 2.05) is 6.92 Å². The number of rotatable bonds is 3. The molecule has 1 saturated heterocycles. The van der Waals surface area contributed by atoms with E-state index in [1.54, 1.807) is 4.90 Å². The van der Waals surface area contributed by atoms with Crippen molar-refractivity contribution in [1.29, 1.82) is 0 Å². The second-order valence-corrected chi connectivity index (χ2v) is 5.51. The molecule has 7 nitrogen and oxygen atoms in total. The number of nitro groups is 1. The molecule has 1 amide bonds. The number of furan rings is 1. The summed E-state index contributed by atoms with van der Waals surface area (Å²) >= 11 is 0. The summed E-state index contributed by atoms with van der Waals surface area (Å²) in [7, 11) is 0. The van der Waals surface area contributed by atoms with Crippen LogP contribution in [0.5, 0.6) is 0 Å². The zero-order valence-electron chi connectivity index (χ0n) is 12.8. The smallest absolute Gasteiger partial charge is 0.395 e. The van der Waals surface area contributed by atoms with Gasteiger partial charge >= 0.3 is 5.88 Å². The summed E-state index contributed by atoms with van der Waals surface area (Å²) in [4.78, 5) is 26.2. The normalized spacial score (nSPS) is 14.8. The summed E-state index contributed by atoms with van der Waals surface area (Å²) in [5.41, 5.74) is 2.35. The lowest BCUT2D eigenvalue weighted by atomic mass is 10.2. The van der Waals surface area contributed by atoms with Gasteiger partial charge in [-0.15, -0.1) is 0 Å². The number of anilines is 1. The molecule has 1 fully saturated rings. The highest BCUT2D eigenvalue weighted by Gasteiger charge is 2.26. The summed E-state index contributed by atoms with van der Waals surface area (Å²) in [6.45, 7) is 4.60. The topological polar surface area (TPSA) is 79.8 Å². The average Bonchev–Trinajstić information content (AvgIpc) is 3.05. The van der Waals surface area contributed by atoms with Crippen LogP contribution in [0.1, 0.15) is 16.1 Å². The van der Waals surface area contributed by atoms with Gasteiger partial charge in [0.05, 0.1) is 6.07 Å². The number of carbonyl (C=O) groups excluding carboxylic acids is 1. The molecule has 1 aromatic heterocycles. The van der Waals surface area contributed by atoms with Gasteiger partial charge in [0, 0.05) is 31.9 Å². The first kappa shape index (κ1) is 15.1. The molecule has 7 heteroatoms. The van der Waals surface area contributed by atoms with Gasteiger partial charge in [-0.2, -0.15) is 0 Å². The van der Waals surface area contributed by atoms with Crippen molar-refractivity contribution in [1.82, 2.24) is 4.90 Å². The van der Waals surface area contributed by atoms with E-state index in [4.69, 9.17) is 4.42 Å². The molecule has 0 atom stereocenters. The van der Waals surface area contributed by atoms with Gasteiger partial charge in [0.25, 0.3) is 5.91 Å². The van der Waals surface area contributed by atoms with Gasteiger partial charge in [0.1, 0.15) is 4.92 Å². The number of nitrogens with zero attached hydrogens (tertiary/aromatic N) is 3. The number of carbonyl (C=O) groups is 1. The van der Waals surface area contributed by atoms with Crippen LogP contribution in [0.2, 0.25) is 0 Å². The van der Waals surface area contributed by atoms with Crippen LogP contribution < -0.4 is 4.90 Å². The Morgan fingerprint density at radius 2 is 1.74 bits per heavy atom. The fourth-order valence-corrected chi connectivity index (χ4v) is 2.62. The molecule has 1 aromatic carbocycles. The maximum atomic E-state index is 12.3. The van der Waals surface area contributed by atoms with Crippen LogP contribution in [0, 0.1) is 17.0 Å². The minimum absolute atomic E-state index is 0.0143. The van der Waals surface area contributed by atoms with E-state index in [-0.39, 0.29) is 11.7 Å². The number of hydrogen-bond acceptors (Lipinski definition) is 5. The Hall–Kier alpha value is -2.83. The van der Waals surface area contributed by atoms with Gasteiger partial charge in [0.2, 0.25) is 0 Å². The fourth-order valence-electron chi connectivity index (χ4n) is 2.62. The molecule has 0 unspecified atom stereocenters. The lowest BCUT2D eigenvalue weighted by Crippen LogP contribution is -2.48. The fraction of sp³-hybridized carbons (Fsp3) is 0.312. The first-order chi connectivity index (χ1) is 11.0. The minimum Gasteiger partial charge on any atom is -0.395 e. The summed E-state index contributed by atoms with van der Waals surface area (Å²) < 4.78 is 4.98. The van der Waals surface area contributed by atoms with Gasteiger partial charge in [-0.3, -0.25) is 14.9 Å². The number of benzene rings is 1. The van der Waals surface area contributed by atoms with Crippen LogP contribution in [-0.4, -0.2) is 41.9 Å². The van der Waals surface area contributed by atoms with Crippen LogP contribution >= 0.6 is 0 Å². The van der Waals surface area contributed by atoms with Crippen LogP contribution in [0.25, 0.3) is 0 Å². The van der Waals surface area contributed by atoms with E-state index < -0.39 is 10.8 Å². The Morgan fingerprint density at radius 1 is 1.09 bits per heavy atom. The molecule has 0 aliphatic carbocycles. The molecule has 1 aliphatic heterocycles. The molecule has 0 radical (unpaired) electrons. The number of hydrogen-bond donors (Lipinski definition) is 0. The average molecular weight is 315 g/mol. The van der Waals surface area contributed by atoms with E-state index >= 15 is 0 Å². The van der Waals surface area contributed by atoms with Crippen molar-refractivity contribution in [2.24, 2.45) is 0 Å². The molecule has 0 N–H and O–H groups in total. The van der Waals surface area contributed by atoms with E-state index in [0.717, 1.165) is 18.8 Å². The lowest BCUT2D eigenvalue weighted by molar-refractivity contribution is -0.402. The lowest BCUT2D eigenvalue weighted by Gasteiger charge is -2.35. The highest BCUT2D eigenvalue weighted by atomic mass is 16.6. The third-order valence-electron chi connectivity index (χ3n) is 3.95. The highest BCUT2D eigenvalue weighted by Crippen LogP contribution is 2.20. The Balaban J connectivity index is 1.62. The largest absolute Gasteiger partial charge is 0.433 e. The summed E-state index contributed by atoms with van der Waals surface area (Å²) in [5.74, 6) is -0.700. The maximum absolute atomic E-state index is 12.3. The van der Waals surface area contributed by atoms with Crippen LogP contribution in [0.4, 0.5) is 11.6 Å². The number of piperazine rings is 1. The van der Waals surface area contributed by atoms with Gasteiger partial charge in [-0.1, -0.05) is 17.7 Å². The van der Waals surface area contributed by atoms with Crippen molar-refractivity contribution < 1.29 is 14.1 Å². The van der Waals surface area contributed by atoms with Crippen molar-refractivity contribution in [3.8, 4) is 0 Å². The summed E-state index contributed by atoms with van der Waals surface area (Å²) in [6, 6.07) is 10.8. The Morgan fingerprint density at radius 3 is 2.30 bits per heavy atom. The SMILES string of the molecule is Cc1ccc(N2CCN(C(=O)c3ccc([N+](=O)[O-])o3)CC2)cc1. The zero-order valence-corrected chi connectivity index (χ0v) is 12.8. The van der Waals surface area contributed by atoms with Crippen molar-refractivity contribution >= 4 is 17.5 Å². The first-order valence-corrected chi connectivity index (χ1v) is 7.40. The summed E-state index contributed by atoms with van der Waals surface area (Å²) in [5, 5.41) is 10.6. The molecule has 3 rings (SSSR count). The second kappa shape index (κ2) is 6.12. The van der Waals surface area contributed by atoms with Crippen molar-refractivity contribution in [2.75, 3.05) is 31.1 Å². The van der Waals surface area contributed by atoms with Crippen molar-refractivity contribution in [3.63, 3.8) is 0 Å². The monoisotopic (exact) mass is 315 g/mol. The van der Waals surface area contributed by atoms with Crippen LogP contribution in [0.15, 0.2) is 40.8 Å². The number of aryl methyl sites for hydroxylation is 1. The van der Waals surface area contributed by atoms with Crippen LogP contribution in [-0.2, 0) is 0 Å². The molecular formula is C16H17N3O4. The Kier molecular flexibility index (Phi) is 4.01. The molecule has 2 heterocycles. The molecule has 0 saturated carbocycles. The zero-order chi connectivity index (χ0) is 16.4. The minimum atomic E-state index is -0.647. The molecule has 1 aliphatic rings. The first-order valence-electron chi connectivity index (χ1n) is 7.40.